The van der Waals surface area contributed by atoms with Crippen LogP contribution >= 0.6 is 11.6 Å². The van der Waals surface area contributed by atoms with E-state index in [1.807, 2.05) is 0 Å². The van der Waals surface area contributed by atoms with Gasteiger partial charge in [-0.2, -0.15) is 0 Å². The van der Waals surface area contributed by atoms with Crippen molar-refractivity contribution in [2.75, 3.05) is 5.32 Å². The number of hydroxylamine groups is 1. The predicted octanol–water partition coefficient (Wildman–Crippen LogP) is 4.07. The zero-order valence-corrected chi connectivity index (χ0v) is 15.5. The molecule has 2 amide bonds. The molecule has 0 spiro atoms. The van der Waals surface area contributed by atoms with Gasteiger partial charge in [0.05, 0.1) is 5.02 Å². The fraction of sp³-hybridized carbons (Fsp3) is 0.0500. The largest absolute Gasteiger partial charge is 0.360 e. The van der Waals surface area contributed by atoms with Crippen LogP contribution in [-0.2, 0) is 4.79 Å². The molecule has 3 rings (SSSR count). The number of hydrogen-bond donors (Lipinski definition) is 3. The van der Waals surface area contributed by atoms with Gasteiger partial charge in [0.1, 0.15) is 17.0 Å². The zero-order valence-electron chi connectivity index (χ0n) is 14.8. The molecule has 0 radical (unpaired) electrons. The highest BCUT2D eigenvalue weighted by Crippen LogP contribution is 2.31. The van der Waals surface area contributed by atoms with E-state index in [9.17, 15) is 9.59 Å². The quantitative estimate of drug-likeness (QED) is 0.342. The molecule has 0 unspecified atom stereocenters. The van der Waals surface area contributed by atoms with E-state index in [2.05, 4.69) is 10.5 Å². The van der Waals surface area contributed by atoms with Crippen LogP contribution in [0.3, 0.4) is 0 Å². The molecular weight excluding hydrogens is 382 g/mol. The molecule has 0 aliphatic heterocycles. The average molecular weight is 398 g/mol. The second kappa shape index (κ2) is 8.51. The number of carbonyl (C=O) groups is 2. The molecule has 7 nitrogen and oxygen atoms in total. The van der Waals surface area contributed by atoms with E-state index in [0.717, 1.165) is 6.08 Å². The molecule has 3 N–H and O–H groups in total. The van der Waals surface area contributed by atoms with Gasteiger partial charge in [-0.05, 0) is 30.7 Å². The maximum Gasteiger partial charge on any atom is 0.267 e. The maximum absolute atomic E-state index is 13.0. The van der Waals surface area contributed by atoms with Crippen molar-refractivity contribution < 1.29 is 19.3 Å². The molecule has 2 aromatic carbocycles. The molecule has 0 saturated carbocycles. The van der Waals surface area contributed by atoms with Crippen LogP contribution in [0.1, 0.15) is 21.7 Å². The van der Waals surface area contributed by atoms with Crippen LogP contribution in [0.5, 0.6) is 0 Å². The molecule has 142 valence electrons. The fourth-order valence-corrected chi connectivity index (χ4v) is 2.85. The first kappa shape index (κ1) is 19.3. The summed E-state index contributed by atoms with van der Waals surface area (Å²) in [5.74, 6) is -0.766. The number of amides is 2. The normalized spacial score (nSPS) is 10.8. The average Bonchev–Trinajstić information content (AvgIpc) is 3.08. The van der Waals surface area contributed by atoms with E-state index in [1.165, 1.54) is 11.6 Å². The van der Waals surface area contributed by atoms with Crippen LogP contribution in [0.4, 0.5) is 5.69 Å². The number of aromatic nitrogens is 1. The summed E-state index contributed by atoms with van der Waals surface area (Å²) in [6.45, 7) is 1.64. The van der Waals surface area contributed by atoms with Crippen LogP contribution in [0, 0.1) is 6.92 Å². The Labute approximate surface area is 165 Å². The summed E-state index contributed by atoms with van der Waals surface area (Å²) in [5, 5.41) is 15.8. The molecule has 1 aromatic heterocycles. The number of rotatable bonds is 5. The van der Waals surface area contributed by atoms with Gasteiger partial charge in [-0.25, -0.2) is 5.48 Å². The van der Waals surface area contributed by atoms with Gasteiger partial charge in [-0.3, -0.25) is 14.8 Å². The van der Waals surface area contributed by atoms with Crippen molar-refractivity contribution >= 4 is 35.2 Å². The van der Waals surface area contributed by atoms with Crippen LogP contribution in [0.15, 0.2) is 59.1 Å². The van der Waals surface area contributed by atoms with E-state index in [-0.39, 0.29) is 5.56 Å². The van der Waals surface area contributed by atoms with Gasteiger partial charge < -0.3 is 9.84 Å². The standard InChI is InChI=1S/C20H16ClN3O4/c1-12-18(19(24-28-12)14-7-3-4-8-15(14)21)20(26)22-16-9-5-2-6-13(16)10-11-17(25)23-27/h2-11,27H,1H3,(H,22,26)(H,23,25). The number of benzene rings is 2. The first-order valence-electron chi connectivity index (χ1n) is 8.25. The summed E-state index contributed by atoms with van der Waals surface area (Å²) in [5.41, 5.74) is 3.75. The molecule has 0 aliphatic carbocycles. The highest BCUT2D eigenvalue weighted by atomic mass is 35.5. The van der Waals surface area contributed by atoms with Gasteiger partial charge in [0.15, 0.2) is 0 Å². The van der Waals surface area contributed by atoms with Crippen molar-refractivity contribution in [3.05, 3.63) is 76.5 Å². The Bertz CT molecular complexity index is 1060. The number of hydrogen-bond acceptors (Lipinski definition) is 5. The molecule has 3 aromatic rings. The Morgan fingerprint density at radius 1 is 1.14 bits per heavy atom. The Hall–Kier alpha value is -3.42. The second-order valence-corrected chi connectivity index (χ2v) is 6.20. The third-order valence-electron chi connectivity index (χ3n) is 3.95. The molecule has 0 atom stereocenters. The summed E-state index contributed by atoms with van der Waals surface area (Å²) in [4.78, 5) is 24.2. The van der Waals surface area contributed by atoms with Crippen LogP contribution in [0.25, 0.3) is 17.3 Å². The third kappa shape index (κ3) is 4.11. The minimum atomic E-state index is -0.683. The second-order valence-electron chi connectivity index (χ2n) is 5.79. The van der Waals surface area contributed by atoms with Crippen molar-refractivity contribution in [1.82, 2.24) is 10.6 Å². The summed E-state index contributed by atoms with van der Waals surface area (Å²) in [6, 6.07) is 13.9. The lowest BCUT2D eigenvalue weighted by Crippen LogP contribution is -2.15. The minimum Gasteiger partial charge on any atom is -0.360 e. The SMILES string of the molecule is Cc1onc(-c2ccccc2Cl)c1C(=O)Nc1ccccc1C=CC(=O)NO. The zero-order chi connectivity index (χ0) is 20.1. The number of para-hydroxylation sites is 1. The fourth-order valence-electron chi connectivity index (χ4n) is 2.62. The first-order valence-corrected chi connectivity index (χ1v) is 8.62. The van der Waals surface area contributed by atoms with Gasteiger partial charge in [-0.1, -0.05) is 53.2 Å². The van der Waals surface area contributed by atoms with Crippen LogP contribution < -0.4 is 10.8 Å². The molecule has 8 heteroatoms. The number of anilines is 1. The van der Waals surface area contributed by atoms with Gasteiger partial charge >= 0.3 is 0 Å². The number of nitrogens with one attached hydrogen (secondary N) is 2. The third-order valence-corrected chi connectivity index (χ3v) is 4.28. The number of nitrogens with zero attached hydrogens (tertiary/aromatic N) is 1. The first-order chi connectivity index (χ1) is 13.5. The van der Waals surface area contributed by atoms with Crippen LogP contribution in [-0.4, -0.2) is 22.2 Å². The number of aryl methyl sites for hydroxylation is 1. The Balaban J connectivity index is 1.94. The lowest BCUT2D eigenvalue weighted by Gasteiger charge is -2.09. The molecule has 0 fully saturated rings. The van der Waals surface area contributed by atoms with E-state index in [1.54, 1.807) is 55.5 Å². The summed E-state index contributed by atoms with van der Waals surface area (Å²) in [7, 11) is 0. The minimum absolute atomic E-state index is 0.264. The lowest BCUT2D eigenvalue weighted by molar-refractivity contribution is -0.124. The van der Waals surface area contributed by atoms with E-state index in [0.29, 0.717) is 33.3 Å². The maximum atomic E-state index is 13.0. The summed E-state index contributed by atoms with van der Waals surface area (Å²) >= 11 is 6.23. The van der Waals surface area contributed by atoms with Gasteiger partial charge in [0, 0.05) is 17.3 Å². The molecule has 0 saturated heterocycles. The van der Waals surface area contributed by atoms with E-state index >= 15 is 0 Å². The molecule has 0 aliphatic rings. The van der Waals surface area contributed by atoms with Crippen molar-refractivity contribution in [1.29, 1.82) is 0 Å². The Morgan fingerprint density at radius 2 is 1.86 bits per heavy atom. The van der Waals surface area contributed by atoms with Gasteiger partial charge in [0.25, 0.3) is 11.8 Å². The number of halogens is 1. The Morgan fingerprint density at radius 3 is 2.61 bits per heavy atom. The van der Waals surface area contributed by atoms with Crippen molar-refractivity contribution in [2.24, 2.45) is 0 Å². The summed E-state index contributed by atoms with van der Waals surface area (Å²) < 4.78 is 5.22. The highest BCUT2D eigenvalue weighted by molar-refractivity contribution is 6.33. The highest BCUT2D eigenvalue weighted by Gasteiger charge is 2.23. The van der Waals surface area contributed by atoms with E-state index < -0.39 is 11.8 Å². The van der Waals surface area contributed by atoms with Crippen LogP contribution in [0.2, 0.25) is 5.02 Å². The predicted molar refractivity (Wildman–Crippen MR) is 105 cm³/mol. The monoisotopic (exact) mass is 397 g/mol. The van der Waals surface area contributed by atoms with Crippen molar-refractivity contribution in [3.8, 4) is 11.3 Å². The molecule has 1 heterocycles. The Kier molecular flexibility index (Phi) is 5.88. The molecule has 0 bridgehead atoms. The van der Waals surface area contributed by atoms with E-state index in [4.69, 9.17) is 21.3 Å². The van der Waals surface area contributed by atoms with Gasteiger partial charge in [0.2, 0.25) is 0 Å². The topological polar surface area (TPSA) is 104 Å². The van der Waals surface area contributed by atoms with Gasteiger partial charge in [-0.15, -0.1) is 0 Å². The van der Waals surface area contributed by atoms with Crippen molar-refractivity contribution in [2.45, 2.75) is 6.92 Å². The molecule has 28 heavy (non-hydrogen) atoms. The lowest BCUT2D eigenvalue weighted by atomic mass is 10.0. The van der Waals surface area contributed by atoms with Crippen molar-refractivity contribution in [3.63, 3.8) is 0 Å². The number of carbonyl (C=O) groups excluding carboxylic acids is 2. The summed E-state index contributed by atoms with van der Waals surface area (Å²) in [6.07, 6.45) is 2.61. The smallest absolute Gasteiger partial charge is 0.267 e. The molecular formula is C20H16ClN3O4.